The summed E-state index contributed by atoms with van der Waals surface area (Å²) in [7, 11) is 1.04. The van der Waals surface area contributed by atoms with Crippen LogP contribution < -0.4 is 10.3 Å². The molecular weight excluding hydrogens is 378 g/mol. The molecule has 12 heteroatoms. The van der Waals surface area contributed by atoms with Gasteiger partial charge in [-0.15, -0.1) is 0 Å². The Balaban J connectivity index is 2.16. The van der Waals surface area contributed by atoms with E-state index in [-0.39, 0.29) is 36.9 Å². The van der Waals surface area contributed by atoms with Gasteiger partial charge in [0.1, 0.15) is 11.3 Å². The number of ether oxygens (including phenoxy) is 3. The van der Waals surface area contributed by atoms with Crippen LogP contribution >= 0.6 is 0 Å². The molecule has 1 aromatic heterocycles. The summed E-state index contributed by atoms with van der Waals surface area (Å²) in [6, 6.07) is 3.30. The van der Waals surface area contributed by atoms with Gasteiger partial charge in [0, 0.05) is 29.3 Å². The number of aromatic nitrogens is 1. The molecule has 0 N–H and O–H groups in total. The van der Waals surface area contributed by atoms with Crippen molar-refractivity contribution in [2.24, 2.45) is 0 Å². The molecule has 0 fully saturated rings. The number of non-ortho nitro benzene ring substituents is 1. The number of fused-ring (bicyclic) bond motifs is 1. The number of pyridine rings is 1. The van der Waals surface area contributed by atoms with E-state index < -0.39 is 32.6 Å². The lowest BCUT2D eigenvalue weighted by atomic mass is 10.1. The highest BCUT2D eigenvalue weighted by Gasteiger charge is 2.24. The normalized spacial score (nSPS) is 12.6. The number of carbonyl (C=O) groups excluding carboxylic acids is 1. The molecule has 1 aliphatic heterocycles. The number of carbonyl (C=O) groups is 1. The Kier molecular flexibility index (Phi) is 5.04. The maximum Gasteiger partial charge on any atom is 0.343 e. The fraction of sp³-hybridized carbons (Fsp3) is 0.250. The van der Waals surface area contributed by atoms with Crippen LogP contribution in [0.5, 0.6) is 5.75 Å². The molecule has 0 bridgehead atoms. The van der Waals surface area contributed by atoms with Crippen molar-refractivity contribution in [1.82, 2.24) is 4.57 Å². The number of rotatable bonds is 5. The van der Waals surface area contributed by atoms with Crippen LogP contribution in [0.25, 0.3) is 0 Å². The van der Waals surface area contributed by atoms with Gasteiger partial charge in [-0.25, -0.2) is 4.79 Å². The van der Waals surface area contributed by atoms with Gasteiger partial charge in [0.2, 0.25) is 0 Å². The van der Waals surface area contributed by atoms with E-state index >= 15 is 0 Å². The summed E-state index contributed by atoms with van der Waals surface area (Å²) in [4.78, 5) is 45.3. The highest BCUT2D eigenvalue weighted by Crippen LogP contribution is 2.33. The number of benzene rings is 1. The maximum atomic E-state index is 12.6. The van der Waals surface area contributed by atoms with Gasteiger partial charge in [-0.05, 0) is 0 Å². The molecule has 0 unspecified atom stereocenters. The third-order valence-corrected chi connectivity index (χ3v) is 4.01. The Labute approximate surface area is 156 Å². The molecule has 0 saturated heterocycles. The van der Waals surface area contributed by atoms with Crippen molar-refractivity contribution in [1.29, 1.82) is 0 Å². The van der Waals surface area contributed by atoms with Crippen molar-refractivity contribution < 1.29 is 28.9 Å². The molecule has 0 aliphatic carbocycles. The van der Waals surface area contributed by atoms with Crippen molar-refractivity contribution in [3.8, 4) is 5.75 Å². The highest BCUT2D eigenvalue weighted by molar-refractivity contribution is 5.89. The summed E-state index contributed by atoms with van der Waals surface area (Å²) in [5, 5.41) is 22.4. The van der Waals surface area contributed by atoms with Crippen LogP contribution in [0.1, 0.15) is 21.5 Å². The summed E-state index contributed by atoms with van der Waals surface area (Å²) >= 11 is 0. The third kappa shape index (κ3) is 3.53. The number of hydrogen-bond acceptors (Lipinski definition) is 9. The summed E-state index contributed by atoms with van der Waals surface area (Å²) in [6.07, 6.45) is 0.944. The monoisotopic (exact) mass is 391 g/mol. The fourth-order valence-corrected chi connectivity index (χ4v) is 2.78. The Morgan fingerprint density at radius 2 is 1.93 bits per heavy atom. The molecule has 0 spiro atoms. The number of hydrogen-bond donors (Lipinski definition) is 0. The van der Waals surface area contributed by atoms with E-state index in [9.17, 15) is 29.8 Å². The third-order valence-electron chi connectivity index (χ3n) is 4.01. The molecule has 146 valence electrons. The first-order valence-electron chi connectivity index (χ1n) is 7.79. The number of nitro groups is 2. The summed E-state index contributed by atoms with van der Waals surface area (Å²) in [5.74, 6) is -0.747. The molecule has 3 rings (SSSR count). The van der Waals surface area contributed by atoms with Crippen LogP contribution in [0.3, 0.4) is 0 Å². The average Bonchev–Trinajstić information content (AvgIpc) is 2.68. The van der Waals surface area contributed by atoms with Crippen LogP contribution in [0.15, 0.2) is 29.2 Å². The van der Waals surface area contributed by atoms with Crippen LogP contribution in [-0.2, 0) is 22.6 Å². The summed E-state index contributed by atoms with van der Waals surface area (Å²) in [5.41, 5.74) is -1.49. The van der Waals surface area contributed by atoms with E-state index in [1.807, 2.05) is 0 Å². The molecule has 12 nitrogen and oxygen atoms in total. The molecule has 0 amide bonds. The molecule has 0 atom stereocenters. The zero-order chi connectivity index (χ0) is 20.4. The van der Waals surface area contributed by atoms with E-state index in [2.05, 4.69) is 4.74 Å². The number of esters is 1. The van der Waals surface area contributed by atoms with E-state index in [1.165, 1.54) is 12.1 Å². The second-order valence-corrected chi connectivity index (χ2v) is 5.75. The number of nitrogens with zero attached hydrogens (tertiary/aromatic N) is 3. The molecule has 2 aromatic rings. The predicted molar refractivity (Wildman–Crippen MR) is 91.2 cm³/mol. The van der Waals surface area contributed by atoms with Gasteiger partial charge in [-0.1, -0.05) is 0 Å². The van der Waals surface area contributed by atoms with Crippen LogP contribution in [0, 0.1) is 20.2 Å². The Bertz CT molecular complexity index is 1040. The van der Waals surface area contributed by atoms with Crippen molar-refractivity contribution in [2.45, 2.75) is 13.2 Å². The standard InChI is InChI=1S/C16H13N3O9/c1-26-16(21)13-4-12(19(24)25)6-17(15(13)20)5-9-2-11(18(22)23)3-10-7-27-8-28-14(9)10/h2-4,6H,5,7-8H2,1H3. The van der Waals surface area contributed by atoms with Crippen molar-refractivity contribution in [3.63, 3.8) is 0 Å². The van der Waals surface area contributed by atoms with Crippen LogP contribution in [0.4, 0.5) is 11.4 Å². The molecule has 2 heterocycles. The van der Waals surface area contributed by atoms with E-state index in [4.69, 9.17) is 9.47 Å². The molecule has 0 saturated carbocycles. The largest absolute Gasteiger partial charge is 0.467 e. The average molecular weight is 391 g/mol. The summed E-state index contributed by atoms with van der Waals surface area (Å²) < 4.78 is 15.9. The van der Waals surface area contributed by atoms with Gasteiger partial charge < -0.3 is 18.8 Å². The van der Waals surface area contributed by atoms with E-state index in [1.54, 1.807) is 0 Å². The Morgan fingerprint density at radius 1 is 1.21 bits per heavy atom. The highest BCUT2D eigenvalue weighted by atomic mass is 16.7. The smallest absolute Gasteiger partial charge is 0.343 e. The minimum Gasteiger partial charge on any atom is -0.467 e. The zero-order valence-electron chi connectivity index (χ0n) is 14.4. The fourth-order valence-electron chi connectivity index (χ4n) is 2.78. The Hall–Kier alpha value is -3.80. The van der Waals surface area contributed by atoms with Gasteiger partial charge in [0.15, 0.2) is 6.79 Å². The first-order chi connectivity index (χ1) is 13.3. The first-order valence-corrected chi connectivity index (χ1v) is 7.79. The molecule has 28 heavy (non-hydrogen) atoms. The topological polar surface area (TPSA) is 153 Å². The van der Waals surface area contributed by atoms with Gasteiger partial charge in [-0.3, -0.25) is 25.0 Å². The van der Waals surface area contributed by atoms with Crippen LogP contribution in [-0.4, -0.2) is 34.3 Å². The number of nitro benzene ring substituents is 1. The quantitative estimate of drug-likeness (QED) is 0.417. The molecule has 1 aromatic carbocycles. The van der Waals surface area contributed by atoms with Gasteiger partial charge in [0.25, 0.3) is 16.9 Å². The first kappa shape index (κ1) is 19.0. The van der Waals surface area contributed by atoms with E-state index in [0.29, 0.717) is 5.56 Å². The maximum absolute atomic E-state index is 12.6. The molecular formula is C16H13N3O9. The van der Waals surface area contributed by atoms with Gasteiger partial charge in [-0.2, -0.15) is 0 Å². The lowest BCUT2D eigenvalue weighted by Crippen LogP contribution is -2.28. The van der Waals surface area contributed by atoms with Crippen molar-refractivity contribution in [3.05, 3.63) is 71.7 Å². The zero-order valence-corrected chi connectivity index (χ0v) is 14.4. The molecule has 1 aliphatic rings. The van der Waals surface area contributed by atoms with Gasteiger partial charge in [0.05, 0.1) is 36.3 Å². The Morgan fingerprint density at radius 3 is 2.57 bits per heavy atom. The number of methoxy groups -OCH3 is 1. The lowest BCUT2D eigenvalue weighted by Gasteiger charge is -2.21. The second-order valence-electron chi connectivity index (χ2n) is 5.75. The second kappa shape index (κ2) is 7.44. The predicted octanol–water partition coefficient (Wildman–Crippen LogP) is 1.37. The SMILES string of the molecule is COC(=O)c1cc([N+](=O)[O-])cn(Cc2cc([N+](=O)[O-])cc3c2OCOC3)c1=O. The van der Waals surface area contributed by atoms with E-state index in [0.717, 1.165) is 23.9 Å². The van der Waals surface area contributed by atoms with Crippen LogP contribution in [0.2, 0.25) is 0 Å². The summed E-state index contributed by atoms with van der Waals surface area (Å²) in [6.45, 7) is -0.315. The minimum atomic E-state index is -1.03. The molecule has 0 radical (unpaired) electrons. The minimum absolute atomic E-state index is 0.0707. The lowest BCUT2D eigenvalue weighted by molar-refractivity contribution is -0.385. The van der Waals surface area contributed by atoms with Gasteiger partial charge >= 0.3 is 5.97 Å². The van der Waals surface area contributed by atoms with Crippen molar-refractivity contribution in [2.75, 3.05) is 13.9 Å². The van der Waals surface area contributed by atoms with Crippen molar-refractivity contribution >= 4 is 17.3 Å².